The number of hydrogen-bond donors (Lipinski definition) is 1. The molecule has 8 heteroatoms. The summed E-state index contributed by atoms with van der Waals surface area (Å²) < 4.78 is 26.9. The first-order chi connectivity index (χ1) is 18.3. The molecule has 0 bridgehead atoms. The molecule has 2 amide bonds. The van der Waals surface area contributed by atoms with Crippen molar-refractivity contribution >= 4 is 27.5 Å². The van der Waals surface area contributed by atoms with Crippen LogP contribution in [0, 0.1) is 6.92 Å². The van der Waals surface area contributed by atoms with Gasteiger partial charge in [0, 0.05) is 43.0 Å². The number of hydrogen-bond acceptors (Lipinski definition) is 4. The van der Waals surface area contributed by atoms with Crippen LogP contribution in [0.3, 0.4) is 0 Å². The molecule has 2 aliphatic heterocycles. The summed E-state index contributed by atoms with van der Waals surface area (Å²) in [5, 5.41) is 2.96. The summed E-state index contributed by atoms with van der Waals surface area (Å²) in [5.41, 5.74) is 5.11. The number of anilines is 1. The highest BCUT2D eigenvalue weighted by Gasteiger charge is 2.27. The van der Waals surface area contributed by atoms with Gasteiger partial charge >= 0.3 is 0 Å². The van der Waals surface area contributed by atoms with Gasteiger partial charge in [0.05, 0.1) is 4.90 Å². The number of carbonyl (C=O) groups is 2. The van der Waals surface area contributed by atoms with E-state index in [2.05, 4.69) is 5.32 Å². The Bertz CT molecular complexity index is 1440. The lowest BCUT2D eigenvalue weighted by atomic mass is 9.98. The van der Waals surface area contributed by atoms with E-state index in [1.165, 1.54) is 0 Å². The second kappa shape index (κ2) is 11.1. The molecule has 0 saturated carbocycles. The summed E-state index contributed by atoms with van der Waals surface area (Å²) in [7, 11) is -3.42. The van der Waals surface area contributed by atoms with Gasteiger partial charge in [0.1, 0.15) is 0 Å². The summed E-state index contributed by atoms with van der Waals surface area (Å²) in [6.07, 6.45) is 4.08. The van der Waals surface area contributed by atoms with Gasteiger partial charge in [-0.1, -0.05) is 29.8 Å². The molecular weight excluding hydrogens is 498 g/mol. The molecule has 2 heterocycles. The van der Waals surface area contributed by atoms with Crippen molar-refractivity contribution in [2.75, 3.05) is 31.1 Å². The van der Waals surface area contributed by atoms with Crippen molar-refractivity contribution in [1.29, 1.82) is 0 Å². The molecule has 5 rings (SSSR count). The van der Waals surface area contributed by atoms with E-state index >= 15 is 0 Å². The normalized spacial score (nSPS) is 15.8. The molecular formula is C30H33N3O4S. The summed E-state index contributed by atoms with van der Waals surface area (Å²) in [5.74, 6) is -0.186. The van der Waals surface area contributed by atoms with Gasteiger partial charge in [-0.3, -0.25) is 9.59 Å². The number of benzene rings is 3. The Hall–Kier alpha value is -3.49. The van der Waals surface area contributed by atoms with Crippen LogP contribution >= 0.6 is 0 Å². The Labute approximate surface area is 224 Å². The molecule has 2 aliphatic rings. The number of rotatable bonds is 7. The van der Waals surface area contributed by atoms with Gasteiger partial charge < -0.3 is 10.2 Å². The van der Waals surface area contributed by atoms with Crippen LogP contribution in [0.4, 0.5) is 5.69 Å². The van der Waals surface area contributed by atoms with Crippen LogP contribution in [-0.4, -0.2) is 50.7 Å². The molecule has 0 aromatic heterocycles. The Morgan fingerprint density at radius 3 is 2.37 bits per heavy atom. The van der Waals surface area contributed by atoms with E-state index in [0.717, 1.165) is 48.1 Å². The van der Waals surface area contributed by atoms with Gasteiger partial charge in [-0.05, 0) is 92.6 Å². The van der Waals surface area contributed by atoms with Crippen LogP contribution in [0.25, 0.3) is 0 Å². The van der Waals surface area contributed by atoms with Gasteiger partial charge in [-0.25, -0.2) is 8.42 Å². The van der Waals surface area contributed by atoms with E-state index < -0.39 is 10.0 Å². The Balaban J connectivity index is 1.19. The van der Waals surface area contributed by atoms with Gasteiger partial charge in [-0.2, -0.15) is 4.31 Å². The quantitative estimate of drug-likeness (QED) is 0.491. The molecule has 0 radical (unpaired) electrons. The largest absolute Gasteiger partial charge is 0.352 e. The van der Waals surface area contributed by atoms with Crippen LogP contribution in [0.15, 0.2) is 71.6 Å². The van der Waals surface area contributed by atoms with Crippen molar-refractivity contribution in [1.82, 2.24) is 9.62 Å². The smallest absolute Gasteiger partial charge is 0.258 e. The van der Waals surface area contributed by atoms with Crippen molar-refractivity contribution in [3.8, 4) is 0 Å². The Morgan fingerprint density at radius 2 is 1.63 bits per heavy atom. The lowest BCUT2D eigenvalue weighted by Gasteiger charge is -2.30. The van der Waals surface area contributed by atoms with Crippen molar-refractivity contribution in [2.24, 2.45) is 0 Å². The predicted octanol–water partition coefficient (Wildman–Crippen LogP) is 4.35. The standard InChI is InChI=1S/C30H33N3O4S/c1-22-6-4-7-26(20-22)30(35)33-19-5-8-24-21-25(11-14-28(24)33)29(34)31-16-15-23-9-12-27(13-10-23)38(36,37)32-17-2-3-18-32/h4,6-7,9-14,20-21H,2-3,5,8,15-19H2,1H3,(H,31,34). The van der Waals surface area contributed by atoms with Crippen LogP contribution in [0.2, 0.25) is 0 Å². The maximum absolute atomic E-state index is 13.2. The average molecular weight is 532 g/mol. The molecule has 1 saturated heterocycles. The third-order valence-corrected chi connectivity index (χ3v) is 9.21. The van der Waals surface area contributed by atoms with E-state index in [4.69, 9.17) is 0 Å². The lowest BCUT2D eigenvalue weighted by molar-refractivity contribution is 0.0953. The Morgan fingerprint density at radius 1 is 0.868 bits per heavy atom. The molecule has 1 N–H and O–H groups in total. The molecule has 0 aliphatic carbocycles. The molecule has 38 heavy (non-hydrogen) atoms. The monoisotopic (exact) mass is 531 g/mol. The number of amides is 2. The predicted molar refractivity (Wildman–Crippen MR) is 148 cm³/mol. The summed E-state index contributed by atoms with van der Waals surface area (Å²) >= 11 is 0. The number of carbonyl (C=O) groups excluding carboxylic acids is 2. The fourth-order valence-electron chi connectivity index (χ4n) is 5.21. The number of nitrogens with one attached hydrogen (secondary N) is 1. The molecule has 0 atom stereocenters. The highest BCUT2D eigenvalue weighted by molar-refractivity contribution is 7.89. The number of fused-ring (bicyclic) bond motifs is 1. The van der Waals surface area contributed by atoms with Gasteiger partial charge in [0.25, 0.3) is 11.8 Å². The average Bonchev–Trinajstić information content (AvgIpc) is 3.48. The molecule has 0 spiro atoms. The third kappa shape index (κ3) is 5.51. The van der Waals surface area contributed by atoms with Crippen molar-refractivity contribution < 1.29 is 18.0 Å². The molecule has 198 valence electrons. The van der Waals surface area contributed by atoms with E-state index in [9.17, 15) is 18.0 Å². The number of sulfonamides is 1. The zero-order valence-corrected chi connectivity index (χ0v) is 22.5. The lowest BCUT2D eigenvalue weighted by Crippen LogP contribution is -2.35. The first-order valence-electron chi connectivity index (χ1n) is 13.2. The first-order valence-corrected chi connectivity index (χ1v) is 14.7. The van der Waals surface area contributed by atoms with Gasteiger partial charge in [0.15, 0.2) is 0 Å². The van der Waals surface area contributed by atoms with Crippen LogP contribution in [0.5, 0.6) is 0 Å². The highest BCUT2D eigenvalue weighted by Crippen LogP contribution is 2.29. The SMILES string of the molecule is Cc1cccc(C(=O)N2CCCc3cc(C(=O)NCCc4ccc(S(=O)(=O)N5CCCC5)cc4)ccc32)c1. The minimum absolute atomic E-state index is 0.0221. The number of nitrogens with zero attached hydrogens (tertiary/aromatic N) is 2. The van der Waals surface area contributed by atoms with Crippen molar-refractivity contribution in [2.45, 2.75) is 43.9 Å². The van der Waals surface area contributed by atoms with Crippen LogP contribution in [0.1, 0.15) is 56.7 Å². The van der Waals surface area contributed by atoms with E-state index in [0.29, 0.717) is 48.6 Å². The zero-order valence-electron chi connectivity index (χ0n) is 21.7. The van der Waals surface area contributed by atoms with E-state index in [-0.39, 0.29) is 11.8 Å². The summed E-state index contributed by atoms with van der Waals surface area (Å²) in [4.78, 5) is 28.1. The minimum atomic E-state index is -3.42. The van der Waals surface area contributed by atoms with Crippen LogP contribution in [-0.2, 0) is 22.9 Å². The maximum atomic E-state index is 13.2. The Kier molecular flexibility index (Phi) is 7.63. The first kappa shape index (κ1) is 26.1. The van der Waals surface area contributed by atoms with Gasteiger partial charge in [0.2, 0.25) is 10.0 Å². The van der Waals surface area contributed by atoms with Crippen molar-refractivity contribution in [3.63, 3.8) is 0 Å². The molecule has 1 fully saturated rings. The second-order valence-corrected chi connectivity index (χ2v) is 12.0. The summed E-state index contributed by atoms with van der Waals surface area (Å²) in [6.45, 7) is 4.23. The van der Waals surface area contributed by atoms with E-state index in [1.54, 1.807) is 22.5 Å². The minimum Gasteiger partial charge on any atom is -0.352 e. The fourth-order valence-corrected chi connectivity index (χ4v) is 6.73. The van der Waals surface area contributed by atoms with Crippen LogP contribution < -0.4 is 10.2 Å². The van der Waals surface area contributed by atoms with E-state index in [1.807, 2.05) is 60.4 Å². The third-order valence-electron chi connectivity index (χ3n) is 7.30. The van der Waals surface area contributed by atoms with Gasteiger partial charge in [-0.15, -0.1) is 0 Å². The molecule has 3 aromatic rings. The molecule has 0 unspecified atom stereocenters. The fraction of sp³-hybridized carbons (Fsp3) is 0.333. The highest BCUT2D eigenvalue weighted by atomic mass is 32.2. The zero-order chi connectivity index (χ0) is 26.7. The maximum Gasteiger partial charge on any atom is 0.258 e. The molecule has 7 nitrogen and oxygen atoms in total. The summed E-state index contributed by atoms with van der Waals surface area (Å²) in [6, 6.07) is 20.1. The second-order valence-electron chi connectivity index (χ2n) is 10.0. The number of aryl methyl sites for hydroxylation is 2. The molecule has 3 aromatic carbocycles. The van der Waals surface area contributed by atoms with Crippen molar-refractivity contribution in [3.05, 3.63) is 94.5 Å². The topological polar surface area (TPSA) is 86.8 Å².